The average molecular weight is 253 g/mol. The first-order chi connectivity index (χ1) is 8.71. The second-order valence-electron chi connectivity index (χ2n) is 4.23. The van der Waals surface area contributed by atoms with Crippen molar-refractivity contribution in [3.63, 3.8) is 0 Å². The van der Waals surface area contributed by atoms with Crippen LogP contribution in [0.4, 0.5) is 11.6 Å². The van der Waals surface area contributed by atoms with E-state index in [1.165, 1.54) is 12.8 Å². The summed E-state index contributed by atoms with van der Waals surface area (Å²) in [6.07, 6.45) is 3.59. The summed E-state index contributed by atoms with van der Waals surface area (Å²) < 4.78 is 5.05. The lowest BCUT2D eigenvalue weighted by atomic mass is 10.2. The van der Waals surface area contributed by atoms with Gasteiger partial charge in [-0.15, -0.1) is 0 Å². The summed E-state index contributed by atoms with van der Waals surface area (Å²) in [5, 5.41) is 0. The number of nitrogens with zero attached hydrogens (tertiary/aromatic N) is 3. The fourth-order valence-corrected chi connectivity index (χ4v) is 1.66. The summed E-state index contributed by atoms with van der Waals surface area (Å²) in [6.45, 7) is 3.55. The molecule has 0 fully saturated rings. The van der Waals surface area contributed by atoms with E-state index in [4.69, 9.17) is 10.6 Å². The van der Waals surface area contributed by atoms with Gasteiger partial charge in [-0.25, -0.2) is 15.8 Å². The number of unbranched alkanes of at least 4 members (excludes halogenated alkanes) is 2. The summed E-state index contributed by atoms with van der Waals surface area (Å²) in [5.74, 6) is 7.50. The molecule has 1 aromatic heterocycles. The van der Waals surface area contributed by atoms with Crippen LogP contribution in [0.1, 0.15) is 32.0 Å². The molecular weight excluding hydrogens is 230 g/mol. The number of hydrazine groups is 1. The summed E-state index contributed by atoms with van der Waals surface area (Å²) in [7, 11) is 3.64. The summed E-state index contributed by atoms with van der Waals surface area (Å²) >= 11 is 0. The van der Waals surface area contributed by atoms with Crippen molar-refractivity contribution in [3.05, 3.63) is 11.9 Å². The molecule has 0 aromatic carbocycles. The van der Waals surface area contributed by atoms with Gasteiger partial charge in [0.15, 0.2) is 5.82 Å². The van der Waals surface area contributed by atoms with Gasteiger partial charge in [0.25, 0.3) is 0 Å². The largest absolute Gasteiger partial charge is 0.377 e. The third-order valence-corrected chi connectivity index (χ3v) is 2.67. The molecule has 0 saturated carbocycles. The Bertz CT molecular complexity index is 358. The number of methoxy groups -OCH3 is 1. The molecule has 0 saturated heterocycles. The third kappa shape index (κ3) is 4.46. The molecule has 102 valence electrons. The number of rotatable bonds is 8. The highest BCUT2D eigenvalue weighted by Crippen LogP contribution is 2.15. The zero-order chi connectivity index (χ0) is 13.4. The van der Waals surface area contributed by atoms with E-state index in [0.29, 0.717) is 18.2 Å². The van der Waals surface area contributed by atoms with E-state index in [2.05, 4.69) is 27.2 Å². The van der Waals surface area contributed by atoms with Gasteiger partial charge < -0.3 is 15.1 Å². The second-order valence-corrected chi connectivity index (χ2v) is 4.23. The number of aromatic nitrogens is 2. The Hall–Kier alpha value is -1.40. The first-order valence-corrected chi connectivity index (χ1v) is 6.26. The smallest absolute Gasteiger partial charge is 0.158 e. The van der Waals surface area contributed by atoms with Gasteiger partial charge in [0.2, 0.25) is 0 Å². The molecule has 0 aliphatic carbocycles. The van der Waals surface area contributed by atoms with Gasteiger partial charge in [-0.1, -0.05) is 19.8 Å². The van der Waals surface area contributed by atoms with Crippen LogP contribution in [0.25, 0.3) is 0 Å². The number of anilines is 2. The van der Waals surface area contributed by atoms with Crippen molar-refractivity contribution in [2.75, 3.05) is 31.0 Å². The Labute approximate surface area is 109 Å². The van der Waals surface area contributed by atoms with Crippen LogP contribution >= 0.6 is 0 Å². The van der Waals surface area contributed by atoms with Crippen molar-refractivity contribution in [2.24, 2.45) is 5.84 Å². The van der Waals surface area contributed by atoms with Crippen LogP contribution in [0.15, 0.2) is 6.07 Å². The van der Waals surface area contributed by atoms with Gasteiger partial charge in [0.05, 0.1) is 0 Å². The minimum Gasteiger partial charge on any atom is -0.377 e. The van der Waals surface area contributed by atoms with Crippen LogP contribution in [0.5, 0.6) is 0 Å². The van der Waals surface area contributed by atoms with E-state index in [9.17, 15) is 0 Å². The predicted molar refractivity (Wildman–Crippen MR) is 73.4 cm³/mol. The van der Waals surface area contributed by atoms with Crippen molar-refractivity contribution in [3.8, 4) is 0 Å². The Morgan fingerprint density at radius 3 is 2.78 bits per heavy atom. The standard InChI is InChI=1S/C12H23N5O/c1-4-5-6-7-17(2)12-8-10(16-13)14-11(15-12)9-18-3/h8H,4-7,9,13H2,1-3H3,(H,14,15,16). The van der Waals surface area contributed by atoms with E-state index in [1.54, 1.807) is 7.11 Å². The molecule has 1 rings (SSSR count). The van der Waals surface area contributed by atoms with Crippen LogP contribution < -0.4 is 16.2 Å². The molecule has 0 aliphatic heterocycles. The summed E-state index contributed by atoms with van der Waals surface area (Å²) in [6, 6.07) is 1.84. The van der Waals surface area contributed by atoms with Crippen LogP contribution in [-0.4, -0.2) is 30.7 Å². The van der Waals surface area contributed by atoms with Gasteiger partial charge in [0.1, 0.15) is 18.2 Å². The fraction of sp³-hybridized carbons (Fsp3) is 0.667. The Morgan fingerprint density at radius 2 is 2.17 bits per heavy atom. The normalized spacial score (nSPS) is 10.4. The molecule has 0 atom stereocenters. The number of hydrogen-bond acceptors (Lipinski definition) is 6. The third-order valence-electron chi connectivity index (χ3n) is 2.67. The molecule has 18 heavy (non-hydrogen) atoms. The molecule has 1 heterocycles. The zero-order valence-electron chi connectivity index (χ0n) is 11.4. The minimum atomic E-state index is 0.380. The number of hydrogen-bond donors (Lipinski definition) is 2. The maximum atomic E-state index is 5.41. The lowest BCUT2D eigenvalue weighted by Crippen LogP contribution is -2.21. The molecule has 1 aromatic rings. The zero-order valence-corrected chi connectivity index (χ0v) is 11.4. The van der Waals surface area contributed by atoms with Crippen molar-refractivity contribution in [2.45, 2.75) is 32.8 Å². The van der Waals surface area contributed by atoms with E-state index in [1.807, 2.05) is 13.1 Å². The Balaban J connectivity index is 2.75. The van der Waals surface area contributed by atoms with Crippen molar-refractivity contribution in [1.82, 2.24) is 9.97 Å². The second kappa shape index (κ2) is 7.84. The van der Waals surface area contributed by atoms with Gasteiger partial charge in [-0.2, -0.15) is 0 Å². The average Bonchev–Trinajstić information content (AvgIpc) is 2.39. The molecule has 3 N–H and O–H groups in total. The van der Waals surface area contributed by atoms with Crippen molar-refractivity contribution in [1.29, 1.82) is 0 Å². The molecule has 0 amide bonds. The molecule has 0 unspecified atom stereocenters. The number of nitrogen functional groups attached to an aromatic ring is 1. The minimum absolute atomic E-state index is 0.380. The summed E-state index contributed by atoms with van der Waals surface area (Å²) in [5.41, 5.74) is 2.55. The molecule has 0 aliphatic rings. The fourth-order valence-electron chi connectivity index (χ4n) is 1.66. The lowest BCUT2D eigenvalue weighted by Gasteiger charge is -2.19. The maximum Gasteiger partial charge on any atom is 0.158 e. The van der Waals surface area contributed by atoms with Gasteiger partial charge >= 0.3 is 0 Å². The molecule has 0 bridgehead atoms. The SMILES string of the molecule is CCCCCN(C)c1cc(NN)nc(COC)n1. The molecular formula is C12H23N5O. The number of nitrogens with two attached hydrogens (primary N) is 1. The van der Waals surface area contributed by atoms with E-state index in [0.717, 1.165) is 18.8 Å². The number of nitrogens with one attached hydrogen (secondary N) is 1. The van der Waals surface area contributed by atoms with Crippen LogP contribution in [0.2, 0.25) is 0 Å². The van der Waals surface area contributed by atoms with Gasteiger partial charge in [0, 0.05) is 26.8 Å². The predicted octanol–water partition coefficient (Wildman–Crippen LogP) is 1.53. The van der Waals surface area contributed by atoms with Gasteiger partial charge in [-0.3, -0.25) is 0 Å². The van der Waals surface area contributed by atoms with Gasteiger partial charge in [-0.05, 0) is 6.42 Å². The molecule has 6 nitrogen and oxygen atoms in total. The van der Waals surface area contributed by atoms with E-state index in [-0.39, 0.29) is 0 Å². The quantitative estimate of drug-likeness (QED) is 0.416. The highest BCUT2D eigenvalue weighted by molar-refractivity contribution is 5.48. The highest BCUT2D eigenvalue weighted by Gasteiger charge is 2.07. The first-order valence-electron chi connectivity index (χ1n) is 6.26. The molecule has 6 heteroatoms. The first kappa shape index (κ1) is 14.7. The van der Waals surface area contributed by atoms with E-state index < -0.39 is 0 Å². The molecule has 0 radical (unpaired) electrons. The van der Waals surface area contributed by atoms with Crippen LogP contribution in [0, 0.1) is 0 Å². The summed E-state index contributed by atoms with van der Waals surface area (Å²) in [4.78, 5) is 10.8. The van der Waals surface area contributed by atoms with Crippen LogP contribution in [-0.2, 0) is 11.3 Å². The Morgan fingerprint density at radius 1 is 1.39 bits per heavy atom. The highest BCUT2D eigenvalue weighted by atomic mass is 16.5. The van der Waals surface area contributed by atoms with Crippen molar-refractivity contribution < 1.29 is 4.74 Å². The van der Waals surface area contributed by atoms with E-state index >= 15 is 0 Å². The number of ether oxygens (including phenoxy) is 1. The topological polar surface area (TPSA) is 76.3 Å². The lowest BCUT2D eigenvalue weighted by molar-refractivity contribution is 0.178. The maximum absolute atomic E-state index is 5.41. The Kier molecular flexibility index (Phi) is 6.38. The van der Waals surface area contributed by atoms with Crippen molar-refractivity contribution >= 4 is 11.6 Å². The molecule has 0 spiro atoms. The van der Waals surface area contributed by atoms with Crippen LogP contribution in [0.3, 0.4) is 0 Å². The monoisotopic (exact) mass is 253 g/mol.